The molecule has 0 aromatic rings. The van der Waals surface area contributed by atoms with E-state index in [1.807, 2.05) is 20.8 Å². The molecular formula is C11H20N2O2. The van der Waals surface area contributed by atoms with Gasteiger partial charge in [0.2, 0.25) is 11.8 Å². The van der Waals surface area contributed by atoms with Gasteiger partial charge in [0.05, 0.1) is 0 Å². The number of hydrogen-bond donors (Lipinski definition) is 1. The van der Waals surface area contributed by atoms with Crippen molar-refractivity contribution < 1.29 is 9.59 Å². The molecule has 2 N–H and O–H groups in total. The first-order chi connectivity index (χ1) is 7.04. The number of amides is 2. The molecule has 0 aromatic carbocycles. The Bertz CT molecular complexity index is 245. The number of rotatable bonds is 4. The Morgan fingerprint density at radius 1 is 1.27 bits per heavy atom. The van der Waals surface area contributed by atoms with E-state index >= 15 is 0 Å². The number of imide groups is 1. The zero-order valence-electron chi connectivity index (χ0n) is 9.69. The molecule has 1 rings (SSSR count). The van der Waals surface area contributed by atoms with Gasteiger partial charge >= 0.3 is 0 Å². The van der Waals surface area contributed by atoms with Crippen LogP contribution in [-0.2, 0) is 9.59 Å². The van der Waals surface area contributed by atoms with E-state index in [4.69, 9.17) is 5.73 Å². The minimum absolute atomic E-state index is 0.0117. The van der Waals surface area contributed by atoms with E-state index in [9.17, 15) is 9.59 Å². The van der Waals surface area contributed by atoms with Crippen LogP contribution in [-0.4, -0.2) is 29.3 Å². The van der Waals surface area contributed by atoms with Crippen LogP contribution in [0.2, 0.25) is 0 Å². The lowest BCUT2D eigenvalue weighted by Gasteiger charge is -2.25. The molecule has 0 bridgehead atoms. The zero-order chi connectivity index (χ0) is 11.6. The van der Waals surface area contributed by atoms with Crippen LogP contribution in [0.25, 0.3) is 0 Å². The quantitative estimate of drug-likeness (QED) is 0.700. The molecule has 0 saturated carbocycles. The van der Waals surface area contributed by atoms with Crippen LogP contribution in [0.15, 0.2) is 0 Å². The first-order valence-corrected chi connectivity index (χ1v) is 5.61. The average molecular weight is 212 g/mol. The predicted octanol–water partition coefficient (Wildman–Crippen LogP) is 0.755. The highest BCUT2D eigenvalue weighted by molar-refractivity contribution is 6.05. The number of nitrogens with two attached hydrogens (primary N) is 1. The molecule has 3 unspecified atom stereocenters. The SMILES string of the molecule is CCC(CCN)N1C(=O)C(C)C(C)C1=O. The van der Waals surface area contributed by atoms with Gasteiger partial charge in [-0.05, 0) is 19.4 Å². The molecule has 86 valence electrons. The summed E-state index contributed by atoms with van der Waals surface area (Å²) >= 11 is 0. The highest BCUT2D eigenvalue weighted by Gasteiger charge is 2.44. The topological polar surface area (TPSA) is 63.4 Å². The summed E-state index contributed by atoms with van der Waals surface area (Å²) in [4.78, 5) is 25.2. The Hall–Kier alpha value is -0.900. The van der Waals surface area contributed by atoms with Gasteiger partial charge in [-0.15, -0.1) is 0 Å². The van der Waals surface area contributed by atoms with Crippen LogP contribution in [0.4, 0.5) is 0 Å². The Labute approximate surface area is 90.8 Å². The molecule has 1 aliphatic rings. The second kappa shape index (κ2) is 4.75. The minimum atomic E-state index is -0.177. The van der Waals surface area contributed by atoms with Crippen molar-refractivity contribution in [2.45, 2.75) is 39.7 Å². The van der Waals surface area contributed by atoms with Crippen molar-refractivity contribution >= 4 is 11.8 Å². The van der Waals surface area contributed by atoms with Crippen molar-refractivity contribution in [1.82, 2.24) is 4.90 Å². The summed E-state index contributed by atoms with van der Waals surface area (Å²) in [6.45, 7) is 6.13. The molecule has 4 nitrogen and oxygen atoms in total. The Morgan fingerprint density at radius 3 is 2.07 bits per heavy atom. The monoisotopic (exact) mass is 212 g/mol. The third-order valence-electron chi connectivity index (χ3n) is 3.34. The van der Waals surface area contributed by atoms with Crippen molar-refractivity contribution in [3.8, 4) is 0 Å². The van der Waals surface area contributed by atoms with Gasteiger partial charge in [0.1, 0.15) is 0 Å². The van der Waals surface area contributed by atoms with E-state index < -0.39 is 0 Å². The van der Waals surface area contributed by atoms with Gasteiger partial charge in [-0.25, -0.2) is 0 Å². The summed E-state index contributed by atoms with van der Waals surface area (Å²) in [5.41, 5.74) is 5.48. The zero-order valence-corrected chi connectivity index (χ0v) is 9.69. The summed E-state index contributed by atoms with van der Waals surface area (Å²) in [5.74, 6) is -0.422. The number of carbonyl (C=O) groups excluding carboxylic acids is 2. The van der Waals surface area contributed by atoms with Gasteiger partial charge in [-0.2, -0.15) is 0 Å². The third kappa shape index (κ3) is 2.04. The molecule has 0 spiro atoms. The molecule has 2 amide bonds. The van der Waals surface area contributed by atoms with E-state index in [1.165, 1.54) is 4.90 Å². The summed E-state index contributed by atoms with van der Waals surface area (Å²) in [7, 11) is 0. The van der Waals surface area contributed by atoms with Crippen molar-refractivity contribution in [2.75, 3.05) is 6.54 Å². The third-order valence-corrected chi connectivity index (χ3v) is 3.34. The molecule has 0 aromatic heterocycles. The molecule has 4 heteroatoms. The van der Waals surface area contributed by atoms with Crippen LogP contribution >= 0.6 is 0 Å². The summed E-state index contributed by atoms with van der Waals surface area (Å²) < 4.78 is 0. The number of carbonyl (C=O) groups is 2. The second-order valence-corrected chi connectivity index (χ2v) is 4.26. The summed E-state index contributed by atoms with van der Waals surface area (Å²) in [6, 6.07) is -0.0117. The Balaban J connectivity index is 2.84. The fraction of sp³-hybridized carbons (Fsp3) is 0.818. The van der Waals surface area contributed by atoms with E-state index in [0.717, 1.165) is 6.42 Å². The normalized spacial score (nSPS) is 28.7. The first-order valence-electron chi connectivity index (χ1n) is 5.61. The smallest absolute Gasteiger partial charge is 0.233 e. The van der Waals surface area contributed by atoms with Gasteiger partial charge in [0.25, 0.3) is 0 Å². The van der Waals surface area contributed by atoms with Crippen LogP contribution in [0.3, 0.4) is 0 Å². The van der Waals surface area contributed by atoms with Crippen molar-refractivity contribution in [2.24, 2.45) is 17.6 Å². The van der Waals surface area contributed by atoms with Crippen LogP contribution in [0, 0.1) is 11.8 Å². The van der Waals surface area contributed by atoms with Crippen molar-refractivity contribution in [3.63, 3.8) is 0 Å². The lowest BCUT2D eigenvalue weighted by molar-refractivity contribution is -0.142. The molecule has 1 saturated heterocycles. The number of nitrogens with zero attached hydrogens (tertiary/aromatic N) is 1. The molecule has 15 heavy (non-hydrogen) atoms. The van der Waals surface area contributed by atoms with E-state index in [-0.39, 0.29) is 29.7 Å². The molecule has 1 fully saturated rings. The molecule has 3 atom stereocenters. The minimum Gasteiger partial charge on any atom is -0.330 e. The Morgan fingerprint density at radius 2 is 1.73 bits per heavy atom. The van der Waals surface area contributed by atoms with Gasteiger partial charge in [0.15, 0.2) is 0 Å². The van der Waals surface area contributed by atoms with Crippen LogP contribution in [0.5, 0.6) is 0 Å². The predicted molar refractivity (Wildman–Crippen MR) is 57.9 cm³/mol. The summed E-state index contributed by atoms with van der Waals surface area (Å²) in [5, 5.41) is 0. The molecule has 1 aliphatic heterocycles. The maximum absolute atomic E-state index is 11.9. The average Bonchev–Trinajstić information content (AvgIpc) is 2.41. The van der Waals surface area contributed by atoms with Gasteiger partial charge < -0.3 is 5.73 Å². The van der Waals surface area contributed by atoms with E-state index in [0.29, 0.717) is 13.0 Å². The lowest BCUT2D eigenvalue weighted by Crippen LogP contribution is -2.41. The fourth-order valence-electron chi connectivity index (χ4n) is 2.04. The first kappa shape index (κ1) is 12.2. The van der Waals surface area contributed by atoms with Gasteiger partial charge in [-0.3, -0.25) is 14.5 Å². The van der Waals surface area contributed by atoms with Gasteiger partial charge in [0, 0.05) is 17.9 Å². The lowest BCUT2D eigenvalue weighted by atomic mass is 10.00. The van der Waals surface area contributed by atoms with Gasteiger partial charge in [-0.1, -0.05) is 20.8 Å². The standard InChI is InChI=1S/C11H20N2O2/c1-4-9(5-6-12)13-10(14)7(2)8(3)11(13)15/h7-9H,4-6,12H2,1-3H3. The number of likely N-dealkylation sites (tertiary alicyclic amines) is 1. The van der Waals surface area contributed by atoms with Crippen LogP contribution in [0.1, 0.15) is 33.6 Å². The second-order valence-electron chi connectivity index (χ2n) is 4.26. The van der Waals surface area contributed by atoms with Crippen molar-refractivity contribution in [1.29, 1.82) is 0 Å². The fourth-order valence-corrected chi connectivity index (χ4v) is 2.04. The molecule has 0 aliphatic carbocycles. The van der Waals surface area contributed by atoms with E-state index in [2.05, 4.69) is 0 Å². The largest absolute Gasteiger partial charge is 0.330 e. The molecule has 1 heterocycles. The Kier molecular flexibility index (Phi) is 3.85. The van der Waals surface area contributed by atoms with Crippen molar-refractivity contribution in [3.05, 3.63) is 0 Å². The maximum atomic E-state index is 11.9. The summed E-state index contributed by atoms with van der Waals surface area (Å²) in [6.07, 6.45) is 1.49. The number of hydrogen-bond acceptors (Lipinski definition) is 3. The molecular weight excluding hydrogens is 192 g/mol. The highest BCUT2D eigenvalue weighted by Crippen LogP contribution is 2.28. The molecule has 0 radical (unpaired) electrons. The van der Waals surface area contributed by atoms with Crippen LogP contribution < -0.4 is 5.73 Å². The van der Waals surface area contributed by atoms with E-state index in [1.54, 1.807) is 0 Å². The maximum Gasteiger partial charge on any atom is 0.233 e. The highest BCUT2D eigenvalue weighted by atomic mass is 16.2.